The van der Waals surface area contributed by atoms with Crippen molar-refractivity contribution in [1.82, 2.24) is 0 Å². The van der Waals surface area contributed by atoms with E-state index in [0.29, 0.717) is 46.0 Å². The van der Waals surface area contributed by atoms with Gasteiger partial charge in [0, 0.05) is 21.3 Å². The van der Waals surface area contributed by atoms with Gasteiger partial charge in [0.15, 0.2) is 17.3 Å². The summed E-state index contributed by atoms with van der Waals surface area (Å²) < 4.78 is 11.7. The van der Waals surface area contributed by atoms with Gasteiger partial charge in [-0.15, -0.1) is 0 Å². The van der Waals surface area contributed by atoms with Gasteiger partial charge in [0.2, 0.25) is 0 Å². The lowest BCUT2D eigenvalue weighted by molar-refractivity contribution is 0.103. The molecule has 0 saturated carbocycles. The summed E-state index contributed by atoms with van der Waals surface area (Å²) in [5.41, 5.74) is 7.38. The van der Waals surface area contributed by atoms with Gasteiger partial charge in [-0.1, -0.05) is 0 Å². The molecule has 0 radical (unpaired) electrons. The summed E-state index contributed by atoms with van der Waals surface area (Å²) in [7, 11) is 0. The van der Waals surface area contributed by atoms with E-state index in [9.17, 15) is 4.79 Å². The smallest absolute Gasteiger partial charge is 0.194 e. The van der Waals surface area contributed by atoms with E-state index in [-0.39, 0.29) is 5.78 Å². The number of carbonyl (C=O) groups excluding carboxylic acids is 1. The average Bonchev–Trinajstić information content (AvgIpc) is 2.46. The molecule has 0 unspecified atom stereocenters. The van der Waals surface area contributed by atoms with E-state index in [1.54, 1.807) is 36.4 Å². The molecule has 102 valence electrons. The summed E-state index contributed by atoms with van der Waals surface area (Å²) in [5, 5.41) is 0. The molecular weight excluding hydrogens is 322 g/mol. The Balaban J connectivity index is 2.01. The topological polar surface area (TPSA) is 61.6 Å². The van der Waals surface area contributed by atoms with Crippen LogP contribution < -0.4 is 15.2 Å². The summed E-state index contributed by atoms with van der Waals surface area (Å²) in [4.78, 5) is 12.5. The second kappa shape index (κ2) is 5.17. The predicted molar refractivity (Wildman–Crippen MR) is 79.4 cm³/mol. The van der Waals surface area contributed by atoms with Gasteiger partial charge in [-0.25, -0.2) is 0 Å². The second-order valence-corrected chi connectivity index (χ2v) is 5.28. The van der Waals surface area contributed by atoms with Crippen molar-refractivity contribution < 1.29 is 14.3 Å². The fourth-order valence-corrected chi connectivity index (χ4v) is 2.53. The zero-order chi connectivity index (χ0) is 14.1. The molecule has 0 fully saturated rings. The Morgan fingerprint density at radius 2 is 1.65 bits per heavy atom. The number of rotatable bonds is 2. The molecule has 2 aromatic carbocycles. The van der Waals surface area contributed by atoms with E-state index in [1.165, 1.54) is 0 Å². The molecule has 1 heterocycles. The van der Waals surface area contributed by atoms with Crippen molar-refractivity contribution in [2.24, 2.45) is 0 Å². The van der Waals surface area contributed by atoms with Crippen LogP contribution in [-0.4, -0.2) is 19.0 Å². The lowest BCUT2D eigenvalue weighted by Gasteiger charge is -2.19. The fraction of sp³-hybridized carbons (Fsp3) is 0.133. The highest BCUT2D eigenvalue weighted by molar-refractivity contribution is 9.10. The maximum absolute atomic E-state index is 12.5. The highest BCUT2D eigenvalue weighted by atomic mass is 79.9. The van der Waals surface area contributed by atoms with E-state index >= 15 is 0 Å². The number of ether oxygens (including phenoxy) is 2. The Hall–Kier alpha value is -2.01. The van der Waals surface area contributed by atoms with E-state index in [0.717, 1.165) is 0 Å². The molecule has 0 spiro atoms. The monoisotopic (exact) mass is 333 g/mol. The van der Waals surface area contributed by atoms with Crippen LogP contribution in [0.15, 0.2) is 40.9 Å². The third-order valence-corrected chi connectivity index (χ3v) is 3.71. The Morgan fingerprint density at radius 1 is 1.05 bits per heavy atom. The molecule has 5 heteroatoms. The number of halogens is 1. The zero-order valence-corrected chi connectivity index (χ0v) is 12.1. The molecule has 0 aliphatic carbocycles. The minimum Gasteiger partial charge on any atom is -0.486 e. The quantitative estimate of drug-likeness (QED) is 0.677. The first-order chi connectivity index (χ1) is 9.65. The third kappa shape index (κ3) is 2.36. The third-order valence-electron chi connectivity index (χ3n) is 3.05. The highest BCUT2D eigenvalue weighted by Gasteiger charge is 2.19. The van der Waals surface area contributed by atoms with Crippen LogP contribution in [0.4, 0.5) is 5.69 Å². The lowest BCUT2D eigenvalue weighted by atomic mass is 10.0. The van der Waals surface area contributed by atoms with Crippen LogP contribution in [0.5, 0.6) is 11.5 Å². The summed E-state index contributed by atoms with van der Waals surface area (Å²) >= 11 is 3.41. The molecule has 2 aromatic rings. The van der Waals surface area contributed by atoms with Crippen LogP contribution in [0.25, 0.3) is 0 Å². The fourth-order valence-electron chi connectivity index (χ4n) is 2.03. The Bertz CT molecular complexity index is 668. The molecule has 0 amide bonds. The number of fused-ring (bicyclic) bond motifs is 1. The first kappa shape index (κ1) is 13.0. The molecular formula is C15H12BrNO3. The van der Waals surface area contributed by atoms with Gasteiger partial charge in [-0.3, -0.25) is 4.79 Å². The molecule has 2 N–H and O–H groups in total. The SMILES string of the molecule is Nc1ccc(C(=O)c2cc3c(cc2Br)OCCO3)cc1. The van der Waals surface area contributed by atoms with Gasteiger partial charge in [-0.05, 0) is 52.3 Å². The summed E-state index contributed by atoms with van der Waals surface area (Å²) in [6.07, 6.45) is 0. The summed E-state index contributed by atoms with van der Waals surface area (Å²) in [5.74, 6) is 1.16. The first-order valence-electron chi connectivity index (χ1n) is 6.14. The van der Waals surface area contributed by atoms with E-state index in [4.69, 9.17) is 15.2 Å². The van der Waals surface area contributed by atoms with Crippen LogP contribution in [0, 0.1) is 0 Å². The number of ketones is 1. The van der Waals surface area contributed by atoms with Crippen LogP contribution in [-0.2, 0) is 0 Å². The van der Waals surface area contributed by atoms with Gasteiger partial charge in [0.1, 0.15) is 13.2 Å². The molecule has 1 aliphatic heterocycles. The van der Waals surface area contributed by atoms with Crippen molar-refractivity contribution in [1.29, 1.82) is 0 Å². The van der Waals surface area contributed by atoms with Crippen molar-refractivity contribution in [2.75, 3.05) is 18.9 Å². The van der Waals surface area contributed by atoms with E-state index in [1.807, 2.05) is 0 Å². The maximum Gasteiger partial charge on any atom is 0.194 e. The van der Waals surface area contributed by atoms with Crippen LogP contribution in [0.3, 0.4) is 0 Å². The number of hydrogen-bond donors (Lipinski definition) is 1. The molecule has 4 nitrogen and oxygen atoms in total. The minimum absolute atomic E-state index is 0.0890. The van der Waals surface area contributed by atoms with Crippen LogP contribution in [0.1, 0.15) is 15.9 Å². The molecule has 0 saturated heterocycles. The number of carbonyl (C=O) groups is 1. The van der Waals surface area contributed by atoms with Gasteiger partial charge >= 0.3 is 0 Å². The first-order valence-corrected chi connectivity index (χ1v) is 6.94. The normalized spacial score (nSPS) is 13.1. The molecule has 0 atom stereocenters. The molecule has 0 bridgehead atoms. The largest absolute Gasteiger partial charge is 0.486 e. The van der Waals surface area contributed by atoms with Crippen LogP contribution in [0.2, 0.25) is 0 Å². The number of benzene rings is 2. The average molecular weight is 334 g/mol. The molecule has 3 rings (SSSR count). The van der Waals surface area contributed by atoms with Gasteiger partial charge in [-0.2, -0.15) is 0 Å². The summed E-state index contributed by atoms with van der Waals surface area (Å²) in [6.45, 7) is 1.01. The van der Waals surface area contributed by atoms with Gasteiger partial charge < -0.3 is 15.2 Å². The van der Waals surface area contributed by atoms with Crippen molar-refractivity contribution >= 4 is 27.4 Å². The second-order valence-electron chi connectivity index (χ2n) is 4.43. The predicted octanol–water partition coefficient (Wildman–Crippen LogP) is 3.03. The number of nitrogens with two attached hydrogens (primary N) is 1. The molecule has 0 aromatic heterocycles. The standard InChI is InChI=1S/C15H12BrNO3/c16-12-8-14-13(19-5-6-20-14)7-11(12)15(18)9-1-3-10(17)4-2-9/h1-4,7-8H,5-6,17H2. The molecule has 1 aliphatic rings. The van der Waals surface area contributed by atoms with E-state index < -0.39 is 0 Å². The Labute approximate surface area is 124 Å². The number of hydrogen-bond acceptors (Lipinski definition) is 4. The minimum atomic E-state index is -0.0890. The van der Waals surface area contributed by atoms with Crippen molar-refractivity contribution in [3.05, 3.63) is 52.0 Å². The zero-order valence-electron chi connectivity index (χ0n) is 10.6. The highest BCUT2D eigenvalue weighted by Crippen LogP contribution is 2.36. The van der Waals surface area contributed by atoms with Crippen molar-refractivity contribution in [2.45, 2.75) is 0 Å². The van der Waals surface area contributed by atoms with Crippen molar-refractivity contribution in [3.63, 3.8) is 0 Å². The molecule has 20 heavy (non-hydrogen) atoms. The van der Waals surface area contributed by atoms with Gasteiger partial charge in [0.05, 0.1) is 0 Å². The van der Waals surface area contributed by atoms with E-state index in [2.05, 4.69) is 15.9 Å². The van der Waals surface area contributed by atoms with Crippen LogP contribution >= 0.6 is 15.9 Å². The van der Waals surface area contributed by atoms with Crippen molar-refractivity contribution in [3.8, 4) is 11.5 Å². The summed E-state index contributed by atoms with van der Waals surface area (Å²) in [6, 6.07) is 10.3. The maximum atomic E-state index is 12.5. The lowest BCUT2D eigenvalue weighted by Crippen LogP contribution is -2.16. The Kier molecular flexibility index (Phi) is 3.36. The Morgan fingerprint density at radius 3 is 2.30 bits per heavy atom. The number of anilines is 1. The van der Waals surface area contributed by atoms with Gasteiger partial charge in [0.25, 0.3) is 0 Å². The number of nitrogen functional groups attached to an aromatic ring is 1.